The molecule has 0 amide bonds. The molecule has 0 aromatic carbocycles. The fourth-order valence-electron chi connectivity index (χ4n) is 4.22. The summed E-state index contributed by atoms with van der Waals surface area (Å²) in [5, 5.41) is 7.15. The summed E-state index contributed by atoms with van der Waals surface area (Å²) in [5.41, 5.74) is 0. The average Bonchev–Trinajstić information content (AvgIpc) is 2.99. The van der Waals surface area contributed by atoms with Crippen LogP contribution in [0, 0.1) is 5.92 Å². The highest BCUT2D eigenvalue weighted by Gasteiger charge is 2.31. The smallest absolute Gasteiger partial charge is 0.191 e. The van der Waals surface area contributed by atoms with E-state index in [2.05, 4.69) is 53.2 Å². The van der Waals surface area contributed by atoms with Crippen LogP contribution in [-0.2, 0) is 0 Å². The Labute approximate surface area is 155 Å². The lowest BCUT2D eigenvalue weighted by Crippen LogP contribution is -2.47. The van der Waals surface area contributed by atoms with E-state index < -0.39 is 0 Å². The maximum Gasteiger partial charge on any atom is 0.191 e. The molecule has 2 fully saturated rings. The Kier molecular flexibility index (Phi) is 8.50. The fraction of sp³-hybridized carbons (Fsp3) is 0.950. The number of likely N-dealkylation sites (tertiary alicyclic amines) is 1. The topological polar surface area (TPSA) is 42.9 Å². The molecule has 1 heterocycles. The van der Waals surface area contributed by atoms with Crippen molar-refractivity contribution in [2.45, 2.75) is 77.4 Å². The van der Waals surface area contributed by atoms with Crippen molar-refractivity contribution in [2.75, 3.05) is 40.3 Å². The largest absolute Gasteiger partial charge is 0.356 e. The number of nitrogens with zero attached hydrogens (tertiary/aromatic N) is 3. The van der Waals surface area contributed by atoms with Crippen LogP contribution in [0.25, 0.3) is 0 Å². The van der Waals surface area contributed by atoms with Crippen molar-refractivity contribution in [3.63, 3.8) is 0 Å². The van der Waals surface area contributed by atoms with E-state index in [1.54, 1.807) is 0 Å². The molecule has 0 radical (unpaired) electrons. The Morgan fingerprint density at radius 2 is 1.92 bits per heavy atom. The number of nitrogens with one attached hydrogen (secondary N) is 2. The first kappa shape index (κ1) is 20.5. The van der Waals surface area contributed by atoms with Gasteiger partial charge in [-0.25, -0.2) is 0 Å². The molecule has 1 aliphatic heterocycles. The van der Waals surface area contributed by atoms with Crippen molar-refractivity contribution >= 4 is 5.96 Å². The summed E-state index contributed by atoms with van der Waals surface area (Å²) >= 11 is 0. The molecule has 5 nitrogen and oxygen atoms in total. The standard InChI is InChI=1S/C20H41N5/c1-16(2)25-14-17(3)19(15-25)23-20(21-4)22-12-9-13-24(5)18-10-7-6-8-11-18/h16-19H,6-15H2,1-5H3,(H2,21,22,23). The van der Waals surface area contributed by atoms with E-state index in [0.29, 0.717) is 18.0 Å². The van der Waals surface area contributed by atoms with Crippen LogP contribution in [0.5, 0.6) is 0 Å². The van der Waals surface area contributed by atoms with Crippen LogP contribution in [0.2, 0.25) is 0 Å². The lowest BCUT2D eigenvalue weighted by Gasteiger charge is -2.31. The van der Waals surface area contributed by atoms with Crippen LogP contribution in [0.4, 0.5) is 0 Å². The van der Waals surface area contributed by atoms with Gasteiger partial charge in [-0.05, 0) is 52.6 Å². The predicted octanol–water partition coefficient (Wildman–Crippen LogP) is 2.53. The molecule has 25 heavy (non-hydrogen) atoms. The van der Waals surface area contributed by atoms with E-state index in [4.69, 9.17) is 0 Å². The quantitative estimate of drug-likeness (QED) is 0.420. The van der Waals surface area contributed by atoms with E-state index in [-0.39, 0.29) is 0 Å². The molecule has 0 aromatic heterocycles. The van der Waals surface area contributed by atoms with Gasteiger partial charge in [-0.1, -0.05) is 26.2 Å². The minimum absolute atomic E-state index is 0.499. The minimum Gasteiger partial charge on any atom is -0.356 e. The summed E-state index contributed by atoms with van der Waals surface area (Å²) in [6, 6.07) is 1.94. The van der Waals surface area contributed by atoms with E-state index in [1.165, 1.54) is 51.6 Å². The van der Waals surface area contributed by atoms with Crippen molar-refractivity contribution in [2.24, 2.45) is 10.9 Å². The van der Waals surface area contributed by atoms with Crippen LogP contribution in [0.1, 0.15) is 59.3 Å². The summed E-state index contributed by atoms with van der Waals surface area (Å²) in [6.45, 7) is 11.4. The molecule has 5 heteroatoms. The number of guanidine groups is 1. The van der Waals surface area contributed by atoms with Crippen molar-refractivity contribution < 1.29 is 0 Å². The molecule has 146 valence electrons. The molecular formula is C20H41N5. The Morgan fingerprint density at radius 3 is 2.52 bits per heavy atom. The van der Waals surface area contributed by atoms with Gasteiger partial charge >= 0.3 is 0 Å². The van der Waals surface area contributed by atoms with Crippen LogP contribution >= 0.6 is 0 Å². The molecule has 2 unspecified atom stereocenters. The van der Waals surface area contributed by atoms with Crippen molar-refractivity contribution in [3.8, 4) is 0 Å². The molecule has 0 bridgehead atoms. The first-order chi connectivity index (χ1) is 12.0. The van der Waals surface area contributed by atoms with Crippen molar-refractivity contribution in [3.05, 3.63) is 0 Å². The molecule has 2 rings (SSSR count). The normalized spacial score (nSPS) is 26.6. The fourth-order valence-corrected chi connectivity index (χ4v) is 4.22. The third-order valence-electron chi connectivity index (χ3n) is 6.09. The lowest BCUT2D eigenvalue weighted by molar-refractivity contribution is 0.190. The lowest BCUT2D eigenvalue weighted by atomic mass is 9.94. The van der Waals surface area contributed by atoms with Crippen molar-refractivity contribution in [1.82, 2.24) is 20.4 Å². The molecule has 2 N–H and O–H groups in total. The average molecular weight is 352 g/mol. The van der Waals surface area contributed by atoms with Gasteiger partial charge < -0.3 is 15.5 Å². The molecule has 2 aliphatic rings. The first-order valence-corrected chi connectivity index (χ1v) is 10.4. The summed E-state index contributed by atoms with van der Waals surface area (Å²) in [4.78, 5) is 9.54. The van der Waals surface area contributed by atoms with Gasteiger partial charge in [0.1, 0.15) is 0 Å². The van der Waals surface area contributed by atoms with E-state index in [0.717, 1.165) is 25.1 Å². The molecule has 1 saturated carbocycles. The number of hydrogen-bond donors (Lipinski definition) is 2. The van der Waals surface area contributed by atoms with Crippen LogP contribution in [0.15, 0.2) is 4.99 Å². The number of hydrogen-bond acceptors (Lipinski definition) is 3. The Morgan fingerprint density at radius 1 is 1.20 bits per heavy atom. The monoisotopic (exact) mass is 351 g/mol. The van der Waals surface area contributed by atoms with Crippen LogP contribution in [0.3, 0.4) is 0 Å². The molecule has 0 aromatic rings. The first-order valence-electron chi connectivity index (χ1n) is 10.4. The van der Waals surface area contributed by atoms with E-state index >= 15 is 0 Å². The molecular weight excluding hydrogens is 310 g/mol. The maximum atomic E-state index is 4.42. The highest BCUT2D eigenvalue weighted by Crippen LogP contribution is 2.21. The summed E-state index contributed by atoms with van der Waals surface area (Å²) < 4.78 is 0. The Hall–Kier alpha value is -0.810. The van der Waals surface area contributed by atoms with Crippen LogP contribution < -0.4 is 10.6 Å². The second-order valence-electron chi connectivity index (χ2n) is 8.40. The predicted molar refractivity (Wildman–Crippen MR) is 108 cm³/mol. The molecule has 0 spiro atoms. The van der Waals surface area contributed by atoms with Gasteiger partial charge in [0.25, 0.3) is 0 Å². The zero-order chi connectivity index (χ0) is 18.2. The Bertz CT molecular complexity index is 403. The summed E-state index contributed by atoms with van der Waals surface area (Å²) in [6.07, 6.45) is 8.21. The van der Waals surface area contributed by atoms with E-state index in [9.17, 15) is 0 Å². The minimum atomic E-state index is 0.499. The third-order valence-corrected chi connectivity index (χ3v) is 6.09. The van der Waals surface area contributed by atoms with Gasteiger partial charge in [0.05, 0.1) is 0 Å². The van der Waals surface area contributed by atoms with Gasteiger partial charge in [-0.3, -0.25) is 9.89 Å². The highest BCUT2D eigenvalue weighted by molar-refractivity contribution is 5.80. The number of aliphatic imine (C=N–C) groups is 1. The molecule has 1 aliphatic carbocycles. The zero-order valence-electron chi connectivity index (χ0n) is 17.2. The number of rotatable bonds is 7. The summed E-state index contributed by atoms with van der Waals surface area (Å²) in [5.74, 6) is 1.63. The second-order valence-corrected chi connectivity index (χ2v) is 8.40. The van der Waals surface area contributed by atoms with Gasteiger partial charge in [0.15, 0.2) is 5.96 Å². The van der Waals surface area contributed by atoms with Crippen LogP contribution in [-0.4, -0.2) is 74.2 Å². The van der Waals surface area contributed by atoms with Gasteiger partial charge in [-0.15, -0.1) is 0 Å². The van der Waals surface area contributed by atoms with Gasteiger partial charge in [0, 0.05) is 44.8 Å². The summed E-state index contributed by atoms with van der Waals surface area (Å²) in [7, 11) is 4.17. The SMILES string of the molecule is CN=C(NCCCN(C)C1CCCCC1)NC1CN(C(C)C)CC1C. The molecule has 2 atom stereocenters. The maximum absolute atomic E-state index is 4.42. The van der Waals surface area contributed by atoms with Gasteiger partial charge in [0.2, 0.25) is 0 Å². The van der Waals surface area contributed by atoms with E-state index in [1.807, 2.05) is 7.05 Å². The molecule has 1 saturated heterocycles. The Balaban J connectivity index is 1.65. The highest BCUT2D eigenvalue weighted by atomic mass is 15.3. The van der Waals surface area contributed by atoms with Crippen molar-refractivity contribution in [1.29, 1.82) is 0 Å². The third kappa shape index (κ3) is 6.45. The zero-order valence-corrected chi connectivity index (χ0v) is 17.2. The van der Waals surface area contributed by atoms with Gasteiger partial charge in [-0.2, -0.15) is 0 Å². The second kappa shape index (κ2) is 10.4.